The van der Waals surface area contributed by atoms with Gasteiger partial charge in [0.1, 0.15) is 5.76 Å². The topological polar surface area (TPSA) is 77.5 Å². The summed E-state index contributed by atoms with van der Waals surface area (Å²) < 4.78 is 35.8. The summed E-state index contributed by atoms with van der Waals surface area (Å²) in [5.74, 6) is 0.624. The van der Waals surface area contributed by atoms with Gasteiger partial charge in [-0.3, -0.25) is 9.13 Å². The van der Waals surface area contributed by atoms with Crippen molar-refractivity contribution in [2.75, 3.05) is 6.54 Å². The summed E-state index contributed by atoms with van der Waals surface area (Å²) in [6, 6.07) is 6.55. The number of benzene rings is 1. The molecule has 7 nitrogen and oxygen atoms in total. The lowest BCUT2D eigenvalue weighted by Crippen LogP contribution is -2.30. The molecule has 0 N–H and O–H groups in total. The molecule has 0 radical (unpaired) electrons. The second-order valence-electron chi connectivity index (χ2n) is 6.01. The molecule has 0 saturated carbocycles. The fraction of sp³-hybridized carbons (Fsp3) is 0.353. The van der Waals surface area contributed by atoms with Crippen molar-refractivity contribution in [3.63, 3.8) is 0 Å². The quantitative estimate of drug-likeness (QED) is 0.695. The molecule has 0 aliphatic heterocycles. The van der Waals surface area contributed by atoms with Crippen LogP contribution < -0.4 is 5.69 Å². The van der Waals surface area contributed by atoms with Crippen LogP contribution in [-0.4, -0.2) is 28.4 Å². The van der Waals surface area contributed by atoms with Crippen LogP contribution >= 0.6 is 0 Å². The maximum atomic E-state index is 13.0. The lowest BCUT2D eigenvalue weighted by Gasteiger charge is -2.20. The van der Waals surface area contributed by atoms with E-state index < -0.39 is 10.0 Å². The molecule has 2 heterocycles. The number of imidazole rings is 1. The highest BCUT2D eigenvalue weighted by atomic mass is 32.2. The van der Waals surface area contributed by atoms with Gasteiger partial charge in [-0.05, 0) is 36.8 Å². The summed E-state index contributed by atoms with van der Waals surface area (Å²) in [4.78, 5) is 12.2. The molecule has 0 aliphatic rings. The van der Waals surface area contributed by atoms with Crippen LogP contribution in [-0.2, 0) is 30.7 Å². The third-order valence-corrected chi connectivity index (χ3v) is 6.44. The molecule has 8 heteroatoms. The number of aryl methyl sites for hydroxylation is 3. The van der Waals surface area contributed by atoms with E-state index in [-0.39, 0.29) is 17.1 Å². The molecule has 134 valence electrons. The number of hydrogen-bond acceptors (Lipinski definition) is 4. The maximum Gasteiger partial charge on any atom is 0.328 e. The Labute approximate surface area is 146 Å². The highest BCUT2D eigenvalue weighted by Crippen LogP contribution is 2.23. The van der Waals surface area contributed by atoms with Gasteiger partial charge in [0.15, 0.2) is 0 Å². The fourth-order valence-corrected chi connectivity index (χ4v) is 4.31. The molecule has 0 saturated heterocycles. The van der Waals surface area contributed by atoms with Crippen molar-refractivity contribution in [2.24, 2.45) is 14.1 Å². The Hall–Kier alpha value is -2.32. The van der Waals surface area contributed by atoms with Gasteiger partial charge in [0.05, 0.1) is 28.7 Å². The second kappa shape index (κ2) is 6.20. The SMILES string of the molecule is CCN(Cc1occc1C)S(=O)(=O)c1ccc2c(c1)n(C)c(=O)n2C. The molecule has 0 fully saturated rings. The van der Waals surface area contributed by atoms with Gasteiger partial charge in [-0.25, -0.2) is 13.2 Å². The Bertz CT molecular complexity index is 1090. The van der Waals surface area contributed by atoms with Crippen LogP contribution in [0.15, 0.2) is 44.6 Å². The third-order valence-electron chi connectivity index (χ3n) is 4.52. The Morgan fingerprint density at radius 2 is 1.80 bits per heavy atom. The van der Waals surface area contributed by atoms with E-state index in [1.807, 2.05) is 13.0 Å². The summed E-state index contributed by atoms with van der Waals surface area (Å²) in [6.45, 7) is 4.15. The highest BCUT2D eigenvalue weighted by molar-refractivity contribution is 7.89. The molecule has 0 amide bonds. The van der Waals surface area contributed by atoms with Gasteiger partial charge >= 0.3 is 5.69 Å². The number of aromatic nitrogens is 2. The summed E-state index contributed by atoms with van der Waals surface area (Å²) >= 11 is 0. The van der Waals surface area contributed by atoms with Crippen molar-refractivity contribution in [1.29, 1.82) is 0 Å². The van der Waals surface area contributed by atoms with E-state index in [1.54, 1.807) is 39.4 Å². The molecule has 0 unspecified atom stereocenters. The zero-order valence-corrected chi connectivity index (χ0v) is 15.5. The van der Waals surface area contributed by atoms with E-state index in [9.17, 15) is 13.2 Å². The van der Waals surface area contributed by atoms with E-state index >= 15 is 0 Å². The lowest BCUT2D eigenvalue weighted by molar-refractivity contribution is 0.374. The summed E-state index contributed by atoms with van der Waals surface area (Å²) in [5, 5.41) is 0. The average molecular weight is 363 g/mol. The van der Waals surface area contributed by atoms with Crippen LogP contribution in [0.4, 0.5) is 0 Å². The molecular weight excluding hydrogens is 342 g/mol. The van der Waals surface area contributed by atoms with Crippen LogP contribution in [0.2, 0.25) is 0 Å². The molecule has 25 heavy (non-hydrogen) atoms. The van der Waals surface area contributed by atoms with Crippen molar-refractivity contribution in [2.45, 2.75) is 25.3 Å². The first-order valence-electron chi connectivity index (χ1n) is 7.96. The van der Waals surface area contributed by atoms with E-state index in [0.717, 1.165) is 5.56 Å². The number of sulfonamides is 1. The minimum absolute atomic E-state index is 0.159. The van der Waals surface area contributed by atoms with Crippen LogP contribution in [0.1, 0.15) is 18.2 Å². The molecule has 0 atom stereocenters. The van der Waals surface area contributed by atoms with Gasteiger partial charge in [-0.15, -0.1) is 0 Å². The Balaban J connectivity index is 2.06. The molecule has 0 aliphatic carbocycles. The van der Waals surface area contributed by atoms with Crippen LogP contribution in [0.5, 0.6) is 0 Å². The smallest absolute Gasteiger partial charge is 0.328 e. The van der Waals surface area contributed by atoms with Crippen molar-refractivity contribution >= 4 is 21.1 Å². The zero-order chi connectivity index (χ0) is 18.4. The van der Waals surface area contributed by atoms with Crippen molar-refractivity contribution in [3.8, 4) is 0 Å². The number of fused-ring (bicyclic) bond motifs is 1. The lowest BCUT2D eigenvalue weighted by atomic mass is 10.3. The Morgan fingerprint density at radius 1 is 1.12 bits per heavy atom. The van der Waals surface area contributed by atoms with Crippen LogP contribution in [0.25, 0.3) is 11.0 Å². The zero-order valence-electron chi connectivity index (χ0n) is 14.7. The summed E-state index contributed by atoms with van der Waals surface area (Å²) in [6.07, 6.45) is 1.55. The number of nitrogens with zero attached hydrogens (tertiary/aromatic N) is 3. The number of furan rings is 1. The second-order valence-corrected chi connectivity index (χ2v) is 7.95. The first-order valence-corrected chi connectivity index (χ1v) is 9.40. The Morgan fingerprint density at radius 3 is 2.40 bits per heavy atom. The number of rotatable bonds is 5. The van der Waals surface area contributed by atoms with Crippen LogP contribution in [0.3, 0.4) is 0 Å². The van der Waals surface area contributed by atoms with Gasteiger partial charge in [0.2, 0.25) is 10.0 Å². The van der Waals surface area contributed by atoms with Gasteiger partial charge in [-0.1, -0.05) is 6.92 Å². The normalized spacial score (nSPS) is 12.4. The predicted molar refractivity (Wildman–Crippen MR) is 94.9 cm³/mol. The Kier molecular flexibility index (Phi) is 4.34. The monoisotopic (exact) mass is 363 g/mol. The maximum absolute atomic E-state index is 13.0. The molecular formula is C17H21N3O4S. The molecule has 0 spiro atoms. The van der Waals surface area contributed by atoms with Gasteiger partial charge in [0, 0.05) is 20.6 Å². The molecule has 1 aromatic carbocycles. The first-order chi connectivity index (χ1) is 11.8. The molecule has 3 aromatic rings. The largest absolute Gasteiger partial charge is 0.468 e. The summed E-state index contributed by atoms with van der Waals surface area (Å²) in [5.41, 5.74) is 1.99. The van der Waals surface area contributed by atoms with E-state index in [4.69, 9.17) is 4.42 Å². The minimum Gasteiger partial charge on any atom is -0.468 e. The standard InChI is InChI=1S/C17H21N3O4S/c1-5-20(11-16-12(2)8-9-24-16)25(22,23)13-6-7-14-15(10-13)19(4)17(21)18(14)3/h6-10H,5,11H2,1-4H3. The first kappa shape index (κ1) is 17.5. The van der Waals surface area contributed by atoms with Crippen molar-refractivity contribution < 1.29 is 12.8 Å². The third kappa shape index (κ3) is 2.81. The van der Waals surface area contributed by atoms with E-state index in [1.165, 1.54) is 19.5 Å². The minimum atomic E-state index is -3.71. The number of hydrogen-bond donors (Lipinski definition) is 0. The average Bonchev–Trinajstić information content (AvgIpc) is 3.09. The van der Waals surface area contributed by atoms with Crippen molar-refractivity contribution in [3.05, 3.63) is 52.3 Å². The van der Waals surface area contributed by atoms with Gasteiger partial charge in [-0.2, -0.15) is 4.31 Å². The molecule has 0 bridgehead atoms. The molecule has 3 rings (SSSR count). The van der Waals surface area contributed by atoms with E-state index in [0.29, 0.717) is 23.3 Å². The van der Waals surface area contributed by atoms with E-state index in [2.05, 4.69) is 0 Å². The van der Waals surface area contributed by atoms with Gasteiger partial charge in [0.25, 0.3) is 0 Å². The van der Waals surface area contributed by atoms with Crippen LogP contribution in [0, 0.1) is 6.92 Å². The van der Waals surface area contributed by atoms with Gasteiger partial charge < -0.3 is 4.42 Å². The fourth-order valence-electron chi connectivity index (χ4n) is 2.89. The summed E-state index contributed by atoms with van der Waals surface area (Å²) in [7, 11) is -0.414. The van der Waals surface area contributed by atoms with Crippen molar-refractivity contribution in [1.82, 2.24) is 13.4 Å². The molecule has 2 aromatic heterocycles. The predicted octanol–water partition coefficient (Wildman–Crippen LogP) is 1.99. The highest BCUT2D eigenvalue weighted by Gasteiger charge is 2.25.